The first-order chi connectivity index (χ1) is 10.5. The summed E-state index contributed by atoms with van der Waals surface area (Å²) in [7, 11) is -3.96. The number of para-hydroxylation sites is 2. The topological polar surface area (TPSA) is 72.5 Å². The van der Waals surface area contributed by atoms with Crippen LogP contribution in [0, 0.1) is 0 Å². The van der Waals surface area contributed by atoms with Gasteiger partial charge in [-0.2, -0.15) is 0 Å². The molecule has 0 bridgehead atoms. The number of amides is 1. The summed E-state index contributed by atoms with van der Waals surface area (Å²) in [4.78, 5) is 11.5. The second kappa shape index (κ2) is 7.09. The van der Waals surface area contributed by atoms with Gasteiger partial charge < -0.3 is 4.74 Å². The van der Waals surface area contributed by atoms with Crippen LogP contribution in [0.15, 0.2) is 59.5 Å². The number of sulfonamides is 1. The molecule has 0 aromatic heterocycles. The van der Waals surface area contributed by atoms with Crippen molar-refractivity contribution in [3.8, 4) is 11.5 Å². The first-order valence-corrected chi connectivity index (χ1v) is 8.39. The molecule has 1 N–H and O–H groups in total. The first-order valence-electron chi connectivity index (χ1n) is 6.90. The molecule has 6 heteroatoms. The van der Waals surface area contributed by atoms with E-state index in [0.29, 0.717) is 12.2 Å². The van der Waals surface area contributed by atoms with Crippen molar-refractivity contribution in [3.63, 3.8) is 0 Å². The third-order valence-electron chi connectivity index (χ3n) is 2.83. The fraction of sp³-hybridized carbons (Fsp3) is 0.188. The monoisotopic (exact) mass is 319 g/mol. The molecule has 0 radical (unpaired) electrons. The highest BCUT2D eigenvalue weighted by molar-refractivity contribution is 7.90. The normalized spacial score (nSPS) is 11.0. The molecule has 116 valence electrons. The second-order valence-electron chi connectivity index (χ2n) is 4.64. The number of ether oxygens (including phenoxy) is 1. The van der Waals surface area contributed by atoms with Crippen LogP contribution in [0.5, 0.6) is 11.5 Å². The van der Waals surface area contributed by atoms with Gasteiger partial charge in [0.2, 0.25) is 5.91 Å². The van der Waals surface area contributed by atoms with Gasteiger partial charge in [0, 0.05) is 6.42 Å². The van der Waals surface area contributed by atoms with E-state index in [0.717, 1.165) is 0 Å². The van der Waals surface area contributed by atoms with E-state index in [4.69, 9.17) is 4.74 Å². The Hall–Kier alpha value is -2.34. The third kappa shape index (κ3) is 4.08. The van der Waals surface area contributed by atoms with Crippen LogP contribution in [0.2, 0.25) is 0 Å². The molecule has 2 aromatic rings. The summed E-state index contributed by atoms with van der Waals surface area (Å²) in [5.74, 6) is 0.160. The molecule has 1 amide bonds. The number of benzene rings is 2. The van der Waals surface area contributed by atoms with Crippen molar-refractivity contribution in [2.24, 2.45) is 0 Å². The number of hydrogen-bond donors (Lipinski definition) is 1. The Balaban J connectivity index is 2.30. The quantitative estimate of drug-likeness (QED) is 0.888. The molecule has 0 saturated heterocycles. The highest BCUT2D eigenvalue weighted by atomic mass is 32.2. The fourth-order valence-electron chi connectivity index (χ4n) is 1.85. The van der Waals surface area contributed by atoms with Gasteiger partial charge in [-0.15, -0.1) is 0 Å². The molecule has 5 nitrogen and oxygen atoms in total. The maximum absolute atomic E-state index is 12.3. The van der Waals surface area contributed by atoms with Crippen LogP contribution in [0.25, 0.3) is 0 Å². The van der Waals surface area contributed by atoms with Crippen molar-refractivity contribution in [1.29, 1.82) is 0 Å². The van der Waals surface area contributed by atoms with Crippen molar-refractivity contribution < 1.29 is 17.9 Å². The molecular weight excluding hydrogens is 302 g/mol. The number of carbonyl (C=O) groups is 1. The summed E-state index contributed by atoms with van der Waals surface area (Å²) < 4.78 is 32.3. The molecule has 2 rings (SSSR count). The molecule has 0 atom stereocenters. The van der Waals surface area contributed by atoms with E-state index in [1.807, 2.05) is 6.07 Å². The summed E-state index contributed by atoms with van der Waals surface area (Å²) >= 11 is 0. The largest absolute Gasteiger partial charge is 0.456 e. The summed E-state index contributed by atoms with van der Waals surface area (Å²) in [6.45, 7) is 1.80. The van der Waals surface area contributed by atoms with E-state index in [9.17, 15) is 13.2 Å². The van der Waals surface area contributed by atoms with E-state index in [-0.39, 0.29) is 17.1 Å². The molecular formula is C16H17NO4S. The zero-order chi connectivity index (χ0) is 16.0. The molecule has 2 aromatic carbocycles. The van der Waals surface area contributed by atoms with E-state index in [1.54, 1.807) is 49.4 Å². The fourth-order valence-corrected chi connectivity index (χ4v) is 3.00. The predicted molar refractivity (Wildman–Crippen MR) is 83.2 cm³/mol. The van der Waals surface area contributed by atoms with Crippen molar-refractivity contribution in [3.05, 3.63) is 54.6 Å². The summed E-state index contributed by atoms with van der Waals surface area (Å²) in [6.07, 6.45) is 0.727. The van der Waals surface area contributed by atoms with Crippen LogP contribution < -0.4 is 9.46 Å². The van der Waals surface area contributed by atoms with Crippen molar-refractivity contribution in [1.82, 2.24) is 4.72 Å². The predicted octanol–water partition coefficient (Wildman–Crippen LogP) is 3.08. The molecule has 0 saturated carbocycles. The standard InChI is InChI=1S/C16H17NO4S/c1-2-8-16(18)17-22(19,20)15-12-7-6-11-14(15)21-13-9-4-3-5-10-13/h3-7,9-12H,2,8H2,1H3,(H,17,18). The van der Waals surface area contributed by atoms with E-state index in [1.165, 1.54) is 6.07 Å². The smallest absolute Gasteiger partial charge is 0.267 e. The Kier molecular flexibility index (Phi) is 5.16. The minimum atomic E-state index is -3.96. The van der Waals surface area contributed by atoms with Crippen LogP contribution in [-0.4, -0.2) is 14.3 Å². The average molecular weight is 319 g/mol. The Morgan fingerprint density at radius 3 is 2.36 bits per heavy atom. The summed E-state index contributed by atoms with van der Waals surface area (Å²) in [6, 6.07) is 15.1. The molecule has 0 heterocycles. The van der Waals surface area contributed by atoms with Crippen LogP contribution in [-0.2, 0) is 14.8 Å². The third-order valence-corrected chi connectivity index (χ3v) is 4.25. The second-order valence-corrected chi connectivity index (χ2v) is 6.29. The summed E-state index contributed by atoms with van der Waals surface area (Å²) in [5, 5.41) is 0. The number of carbonyl (C=O) groups excluding carboxylic acids is 1. The Labute approximate surface area is 130 Å². The minimum absolute atomic E-state index is 0.0664. The Bertz CT molecular complexity index is 742. The van der Waals surface area contributed by atoms with E-state index >= 15 is 0 Å². The molecule has 0 aliphatic heterocycles. The van der Waals surface area contributed by atoms with Gasteiger partial charge in [0.1, 0.15) is 16.4 Å². The van der Waals surface area contributed by atoms with Gasteiger partial charge in [-0.25, -0.2) is 13.1 Å². The lowest BCUT2D eigenvalue weighted by atomic mass is 10.3. The SMILES string of the molecule is CCCC(=O)NS(=O)(=O)c1ccccc1Oc1ccccc1. The van der Waals surface area contributed by atoms with Gasteiger partial charge in [0.25, 0.3) is 10.0 Å². The maximum atomic E-state index is 12.3. The molecule has 0 spiro atoms. The zero-order valence-corrected chi connectivity index (χ0v) is 13.0. The van der Waals surface area contributed by atoms with Gasteiger partial charge >= 0.3 is 0 Å². The molecule has 0 fully saturated rings. The number of rotatable bonds is 6. The van der Waals surface area contributed by atoms with Crippen LogP contribution >= 0.6 is 0 Å². The Morgan fingerprint density at radius 2 is 1.68 bits per heavy atom. The molecule has 0 unspecified atom stereocenters. The van der Waals surface area contributed by atoms with Crippen LogP contribution in [0.4, 0.5) is 0 Å². The van der Waals surface area contributed by atoms with Crippen LogP contribution in [0.3, 0.4) is 0 Å². The van der Waals surface area contributed by atoms with Gasteiger partial charge in [0.15, 0.2) is 0 Å². The Morgan fingerprint density at radius 1 is 1.05 bits per heavy atom. The number of nitrogens with one attached hydrogen (secondary N) is 1. The van der Waals surface area contributed by atoms with Crippen molar-refractivity contribution in [2.45, 2.75) is 24.7 Å². The van der Waals surface area contributed by atoms with Gasteiger partial charge in [-0.3, -0.25) is 4.79 Å². The first kappa shape index (κ1) is 16.0. The molecule has 0 aliphatic rings. The van der Waals surface area contributed by atoms with Gasteiger partial charge in [-0.05, 0) is 30.7 Å². The lowest BCUT2D eigenvalue weighted by molar-refractivity contribution is -0.119. The van der Waals surface area contributed by atoms with Crippen molar-refractivity contribution in [2.75, 3.05) is 0 Å². The van der Waals surface area contributed by atoms with Crippen molar-refractivity contribution >= 4 is 15.9 Å². The average Bonchev–Trinajstić information content (AvgIpc) is 2.48. The molecule has 22 heavy (non-hydrogen) atoms. The lowest BCUT2D eigenvalue weighted by Crippen LogP contribution is -2.30. The highest BCUT2D eigenvalue weighted by Gasteiger charge is 2.21. The van der Waals surface area contributed by atoms with Crippen LogP contribution in [0.1, 0.15) is 19.8 Å². The minimum Gasteiger partial charge on any atom is -0.456 e. The maximum Gasteiger partial charge on any atom is 0.267 e. The van der Waals surface area contributed by atoms with Gasteiger partial charge in [-0.1, -0.05) is 37.3 Å². The summed E-state index contributed by atoms with van der Waals surface area (Å²) in [5.41, 5.74) is 0. The highest BCUT2D eigenvalue weighted by Crippen LogP contribution is 2.28. The molecule has 0 aliphatic carbocycles. The van der Waals surface area contributed by atoms with E-state index in [2.05, 4.69) is 4.72 Å². The van der Waals surface area contributed by atoms with Gasteiger partial charge in [0.05, 0.1) is 0 Å². The number of hydrogen-bond acceptors (Lipinski definition) is 4. The lowest BCUT2D eigenvalue weighted by Gasteiger charge is -2.12. The van der Waals surface area contributed by atoms with E-state index < -0.39 is 15.9 Å². The zero-order valence-electron chi connectivity index (χ0n) is 12.2.